The SMILES string of the molecule is CCn1c(SCC(=O)c2ccc(C3CCCCC3)cc2)nnc1N1CCOCC1. The van der Waals surface area contributed by atoms with Gasteiger partial charge in [0, 0.05) is 25.2 Å². The smallest absolute Gasteiger partial charge is 0.228 e. The van der Waals surface area contributed by atoms with E-state index >= 15 is 0 Å². The minimum Gasteiger partial charge on any atom is -0.378 e. The summed E-state index contributed by atoms with van der Waals surface area (Å²) in [5.74, 6) is 2.07. The highest BCUT2D eigenvalue weighted by molar-refractivity contribution is 7.99. The van der Waals surface area contributed by atoms with Crippen LogP contribution in [0.3, 0.4) is 0 Å². The Bertz CT molecular complexity index is 809. The molecule has 2 aliphatic rings. The molecule has 2 aromatic rings. The highest BCUT2D eigenvalue weighted by Gasteiger charge is 2.21. The van der Waals surface area contributed by atoms with Crippen molar-refractivity contribution in [1.82, 2.24) is 14.8 Å². The Hall–Kier alpha value is -1.86. The van der Waals surface area contributed by atoms with Crippen molar-refractivity contribution in [3.05, 3.63) is 35.4 Å². The average molecular weight is 415 g/mol. The van der Waals surface area contributed by atoms with Crippen LogP contribution in [0.5, 0.6) is 0 Å². The van der Waals surface area contributed by atoms with Crippen molar-refractivity contribution in [3.63, 3.8) is 0 Å². The van der Waals surface area contributed by atoms with Crippen LogP contribution in [0.25, 0.3) is 0 Å². The van der Waals surface area contributed by atoms with E-state index in [1.807, 2.05) is 12.1 Å². The van der Waals surface area contributed by atoms with Crippen LogP contribution < -0.4 is 4.90 Å². The molecular formula is C22H30N4O2S. The zero-order chi connectivity index (χ0) is 20.1. The lowest BCUT2D eigenvalue weighted by Gasteiger charge is -2.27. The van der Waals surface area contributed by atoms with Crippen LogP contribution in [0.15, 0.2) is 29.4 Å². The molecule has 0 unspecified atom stereocenters. The normalized spacial score (nSPS) is 18.2. The molecule has 1 saturated heterocycles. The third-order valence-electron chi connectivity index (χ3n) is 5.95. The molecule has 0 spiro atoms. The first kappa shape index (κ1) is 20.4. The lowest BCUT2D eigenvalue weighted by molar-refractivity contribution is 0.102. The third-order valence-corrected chi connectivity index (χ3v) is 6.92. The number of hydrogen-bond donors (Lipinski definition) is 0. The highest BCUT2D eigenvalue weighted by Crippen LogP contribution is 2.32. The Morgan fingerprint density at radius 3 is 2.52 bits per heavy atom. The van der Waals surface area contributed by atoms with Crippen LogP contribution in [0.2, 0.25) is 0 Å². The summed E-state index contributed by atoms with van der Waals surface area (Å²) in [7, 11) is 0. The van der Waals surface area contributed by atoms with Gasteiger partial charge in [0.1, 0.15) is 0 Å². The van der Waals surface area contributed by atoms with E-state index in [2.05, 4.69) is 38.7 Å². The number of benzene rings is 1. The van der Waals surface area contributed by atoms with Gasteiger partial charge in [-0.2, -0.15) is 0 Å². The number of ketones is 1. The van der Waals surface area contributed by atoms with Gasteiger partial charge in [0.2, 0.25) is 5.95 Å². The second kappa shape index (κ2) is 9.76. The van der Waals surface area contributed by atoms with Gasteiger partial charge in [0.25, 0.3) is 0 Å². The van der Waals surface area contributed by atoms with Gasteiger partial charge in [0.05, 0.1) is 19.0 Å². The summed E-state index contributed by atoms with van der Waals surface area (Å²) in [5.41, 5.74) is 2.17. The van der Waals surface area contributed by atoms with Gasteiger partial charge in [-0.15, -0.1) is 10.2 Å². The van der Waals surface area contributed by atoms with Gasteiger partial charge >= 0.3 is 0 Å². The first-order chi connectivity index (χ1) is 14.3. The van der Waals surface area contributed by atoms with E-state index in [1.54, 1.807) is 0 Å². The lowest BCUT2D eigenvalue weighted by Crippen LogP contribution is -2.38. The molecule has 1 aliphatic carbocycles. The van der Waals surface area contributed by atoms with Crippen molar-refractivity contribution in [2.45, 2.75) is 56.6 Å². The number of ether oxygens (including phenoxy) is 1. The maximum absolute atomic E-state index is 12.7. The summed E-state index contributed by atoms with van der Waals surface area (Å²) < 4.78 is 7.52. The van der Waals surface area contributed by atoms with Gasteiger partial charge < -0.3 is 9.64 Å². The van der Waals surface area contributed by atoms with Crippen molar-refractivity contribution in [2.24, 2.45) is 0 Å². The molecule has 1 aromatic heterocycles. The second-order valence-corrected chi connectivity index (χ2v) is 8.74. The van der Waals surface area contributed by atoms with E-state index in [0.29, 0.717) is 24.9 Å². The number of aromatic nitrogens is 3. The maximum atomic E-state index is 12.7. The summed E-state index contributed by atoms with van der Waals surface area (Å²) in [4.78, 5) is 14.9. The predicted molar refractivity (Wildman–Crippen MR) is 116 cm³/mol. The fourth-order valence-electron chi connectivity index (χ4n) is 4.25. The fraction of sp³-hybridized carbons (Fsp3) is 0.591. The lowest BCUT2D eigenvalue weighted by atomic mass is 9.84. The van der Waals surface area contributed by atoms with Gasteiger partial charge in [-0.05, 0) is 31.2 Å². The monoisotopic (exact) mass is 414 g/mol. The first-order valence-corrected chi connectivity index (χ1v) is 11.8. The number of Topliss-reactive ketones (excluding diaryl/α,β-unsaturated/α-hetero) is 1. The van der Waals surface area contributed by atoms with Crippen LogP contribution in [-0.4, -0.2) is 52.6 Å². The van der Waals surface area contributed by atoms with E-state index in [-0.39, 0.29) is 5.78 Å². The van der Waals surface area contributed by atoms with Crippen LogP contribution >= 0.6 is 11.8 Å². The standard InChI is InChI=1S/C22H30N4O2S/c1-2-26-21(25-12-14-28-15-13-25)23-24-22(26)29-16-20(27)19-10-8-18(9-11-19)17-6-4-3-5-7-17/h8-11,17H,2-7,12-16H2,1H3. The third kappa shape index (κ3) is 4.83. The molecule has 0 atom stereocenters. The van der Waals surface area contributed by atoms with Crippen molar-refractivity contribution < 1.29 is 9.53 Å². The number of carbonyl (C=O) groups excluding carboxylic acids is 1. The number of anilines is 1. The van der Waals surface area contributed by atoms with Gasteiger partial charge in [-0.25, -0.2) is 0 Å². The molecule has 2 heterocycles. The molecule has 0 N–H and O–H groups in total. The van der Waals surface area contributed by atoms with Crippen molar-refractivity contribution in [1.29, 1.82) is 0 Å². The van der Waals surface area contributed by atoms with Gasteiger partial charge in [0.15, 0.2) is 10.9 Å². The van der Waals surface area contributed by atoms with Crippen molar-refractivity contribution in [2.75, 3.05) is 37.0 Å². The Labute approximate surface area is 177 Å². The van der Waals surface area contributed by atoms with E-state index in [4.69, 9.17) is 4.74 Å². The highest BCUT2D eigenvalue weighted by atomic mass is 32.2. The largest absolute Gasteiger partial charge is 0.378 e. The Morgan fingerprint density at radius 2 is 1.83 bits per heavy atom. The molecule has 6 nitrogen and oxygen atoms in total. The van der Waals surface area contributed by atoms with Crippen molar-refractivity contribution >= 4 is 23.5 Å². The Kier molecular flexibility index (Phi) is 6.87. The number of morpholine rings is 1. The summed E-state index contributed by atoms with van der Waals surface area (Å²) in [6, 6.07) is 8.30. The summed E-state index contributed by atoms with van der Waals surface area (Å²) >= 11 is 1.47. The molecule has 0 amide bonds. The Morgan fingerprint density at radius 1 is 1.10 bits per heavy atom. The predicted octanol–water partition coefficient (Wildman–Crippen LogP) is 4.16. The minimum atomic E-state index is 0.142. The van der Waals surface area contributed by atoms with E-state index < -0.39 is 0 Å². The topological polar surface area (TPSA) is 60.2 Å². The zero-order valence-corrected chi connectivity index (χ0v) is 18.0. The average Bonchev–Trinajstić information content (AvgIpc) is 3.21. The molecule has 29 heavy (non-hydrogen) atoms. The second-order valence-electron chi connectivity index (χ2n) is 7.80. The molecule has 0 bridgehead atoms. The zero-order valence-electron chi connectivity index (χ0n) is 17.2. The summed E-state index contributed by atoms with van der Waals surface area (Å²) in [6.45, 7) is 5.96. The fourth-order valence-corrected chi connectivity index (χ4v) is 5.14. The number of nitrogens with zero attached hydrogens (tertiary/aromatic N) is 4. The van der Waals surface area contributed by atoms with Crippen LogP contribution in [-0.2, 0) is 11.3 Å². The molecule has 7 heteroatoms. The van der Waals surface area contributed by atoms with Crippen LogP contribution in [0, 0.1) is 0 Å². The summed E-state index contributed by atoms with van der Waals surface area (Å²) in [5, 5.41) is 9.53. The van der Waals surface area contributed by atoms with Gasteiger partial charge in [-0.3, -0.25) is 9.36 Å². The molecule has 156 valence electrons. The van der Waals surface area contributed by atoms with E-state index in [9.17, 15) is 4.79 Å². The van der Waals surface area contributed by atoms with E-state index in [1.165, 1.54) is 49.4 Å². The first-order valence-electron chi connectivity index (χ1n) is 10.8. The number of hydrogen-bond acceptors (Lipinski definition) is 6. The van der Waals surface area contributed by atoms with Crippen LogP contribution in [0.1, 0.15) is 60.9 Å². The number of thioether (sulfide) groups is 1. The minimum absolute atomic E-state index is 0.142. The van der Waals surface area contributed by atoms with Crippen LogP contribution in [0.4, 0.5) is 5.95 Å². The molecule has 1 saturated carbocycles. The summed E-state index contributed by atoms with van der Waals surface area (Å²) in [6.07, 6.45) is 6.57. The van der Waals surface area contributed by atoms with Gasteiger partial charge in [-0.1, -0.05) is 55.3 Å². The number of carbonyl (C=O) groups is 1. The van der Waals surface area contributed by atoms with E-state index in [0.717, 1.165) is 36.3 Å². The molecule has 4 rings (SSSR count). The molecule has 2 fully saturated rings. The number of rotatable bonds is 7. The maximum Gasteiger partial charge on any atom is 0.228 e. The molecule has 0 radical (unpaired) electrons. The molecule has 1 aromatic carbocycles. The Balaban J connectivity index is 1.37. The molecular weight excluding hydrogens is 384 g/mol. The quantitative estimate of drug-likeness (QED) is 0.501. The molecule has 1 aliphatic heterocycles. The van der Waals surface area contributed by atoms with Crippen molar-refractivity contribution in [3.8, 4) is 0 Å².